The van der Waals surface area contributed by atoms with Gasteiger partial charge in [0.15, 0.2) is 0 Å². The molecule has 0 aromatic heterocycles. The Hall–Kier alpha value is -3.28. The van der Waals surface area contributed by atoms with Crippen LogP contribution in [0.1, 0.15) is 34.1 Å². The van der Waals surface area contributed by atoms with Gasteiger partial charge in [0.25, 0.3) is 11.8 Å². The van der Waals surface area contributed by atoms with Crippen LogP contribution in [0.15, 0.2) is 61.2 Å². The number of benzene rings is 2. The van der Waals surface area contributed by atoms with Crippen LogP contribution in [0.2, 0.25) is 0 Å². The monoisotopic (exact) mass is 354 g/mol. The van der Waals surface area contributed by atoms with Crippen molar-refractivity contribution >= 4 is 11.8 Å². The molecule has 2 rings (SSSR count). The van der Waals surface area contributed by atoms with E-state index in [1.165, 1.54) is 0 Å². The van der Waals surface area contributed by atoms with Gasteiger partial charge in [-0.3, -0.25) is 20.4 Å². The number of ether oxygens (including phenoxy) is 2. The Morgan fingerprint density at radius 3 is 2.38 bits per heavy atom. The number of amides is 2. The number of carbonyl (C=O) groups is 2. The Bertz CT molecular complexity index is 757. The van der Waals surface area contributed by atoms with Gasteiger partial charge in [0.2, 0.25) is 0 Å². The molecular weight excluding hydrogens is 332 g/mol. The van der Waals surface area contributed by atoms with Crippen LogP contribution in [0.3, 0.4) is 0 Å². The van der Waals surface area contributed by atoms with E-state index in [9.17, 15) is 9.59 Å². The first-order chi connectivity index (χ1) is 12.7. The van der Waals surface area contributed by atoms with Crippen LogP contribution in [0.25, 0.3) is 0 Å². The number of nitrogens with one attached hydrogen (secondary N) is 2. The van der Waals surface area contributed by atoms with Crippen molar-refractivity contribution in [1.29, 1.82) is 0 Å². The lowest BCUT2D eigenvalue weighted by Crippen LogP contribution is -2.41. The lowest BCUT2D eigenvalue weighted by atomic mass is 10.2. The molecule has 0 heterocycles. The van der Waals surface area contributed by atoms with E-state index in [0.29, 0.717) is 29.2 Å². The van der Waals surface area contributed by atoms with Crippen molar-refractivity contribution in [3.05, 3.63) is 72.3 Å². The highest BCUT2D eigenvalue weighted by Crippen LogP contribution is 2.17. The molecule has 0 aliphatic rings. The molecule has 136 valence electrons. The number of para-hydroxylation sites is 1. The van der Waals surface area contributed by atoms with Crippen molar-refractivity contribution in [3.8, 4) is 11.5 Å². The summed E-state index contributed by atoms with van der Waals surface area (Å²) in [6.45, 7) is 6.49. The number of carbonyl (C=O) groups excluding carboxylic acids is 2. The van der Waals surface area contributed by atoms with Gasteiger partial charge in [-0.15, -0.1) is 0 Å². The van der Waals surface area contributed by atoms with Gasteiger partial charge in [-0.25, -0.2) is 0 Å². The highest BCUT2D eigenvalue weighted by Gasteiger charge is 2.13. The molecular formula is C20H22N2O4. The van der Waals surface area contributed by atoms with Crippen molar-refractivity contribution in [2.45, 2.75) is 13.3 Å². The minimum atomic E-state index is -0.471. The fraction of sp³-hybridized carbons (Fsp3) is 0.200. The molecule has 2 aromatic carbocycles. The van der Waals surface area contributed by atoms with Crippen molar-refractivity contribution < 1.29 is 19.1 Å². The molecule has 0 fully saturated rings. The third kappa shape index (κ3) is 5.37. The molecule has 0 bridgehead atoms. The molecule has 0 saturated heterocycles. The smallest absolute Gasteiger partial charge is 0.273 e. The zero-order valence-electron chi connectivity index (χ0n) is 14.7. The lowest BCUT2D eigenvalue weighted by Gasteiger charge is -2.11. The molecule has 0 spiro atoms. The summed E-state index contributed by atoms with van der Waals surface area (Å²) in [7, 11) is 0. The third-order valence-electron chi connectivity index (χ3n) is 3.37. The number of rotatable bonds is 8. The summed E-state index contributed by atoms with van der Waals surface area (Å²) >= 11 is 0. The van der Waals surface area contributed by atoms with Crippen molar-refractivity contribution in [1.82, 2.24) is 10.9 Å². The van der Waals surface area contributed by atoms with Gasteiger partial charge in [-0.05, 0) is 42.8 Å². The molecule has 0 aliphatic carbocycles. The van der Waals surface area contributed by atoms with Crippen LogP contribution in [0.5, 0.6) is 11.5 Å². The van der Waals surface area contributed by atoms with Gasteiger partial charge in [-0.1, -0.05) is 31.7 Å². The Balaban J connectivity index is 1.94. The molecule has 2 aromatic rings. The summed E-state index contributed by atoms with van der Waals surface area (Å²) in [5, 5.41) is 0. The van der Waals surface area contributed by atoms with E-state index in [4.69, 9.17) is 9.47 Å². The fourth-order valence-corrected chi connectivity index (χ4v) is 2.10. The summed E-state index contributed by atoms with van der Waals surface area (Å²) < 4.78 is 10.9. The van der Waals surface area contributed by atoms with E-state index in [0.717, 1.165) is 6.42 Å². The van der Waals surface area contributed by atoms with Crippen LogP contribution in [0, 0.1) is 0 Å². The Morgan fingerprint density at radius 2 is 1.69 bits per heavy atom. The van der Waals surface area contributed by atoms with Gasteiger partial charge in [-0.2, -0.15) is 0 Å². The number of hydrogen-bond acceptors (Lipinski definition) is 4. The summed E-state index contributed by atoms with van der Waals surface area (Å²) in [4.78, 5) is 24.4. The van der Waals surface area contributed by atoms with Gasteiger partial charge >= 0.3 is 0 Å². The first-order valence-corrected chi connectivity index (χ1v) is 8.32. The molecule has 6 nitrogen and oxygen atoms in total. The summed E-state index contributed by atoms with van der Waals surface area (Å²) in [6, 6.07) is 13.5. The van der Waals surface area contributed by atoms with Crippen LogP contribution in [0.4, 0.5) is 0 Å². The minimum Gasteiger partial charge on any atom is -0.494 e. The van der Waals surface area contributed by atoms with Crippen LogP contribution >= 0.6 is 0 Å². The standard InChI is InChI=1S/C20H22N2O4/c1-3-13-25-16-11-9-15(10-12-16)19(23)21-22-20(24)17-7-5-6-8-18(17)26-14-4-2/h4-12H,2-3,13-14H2,1H3,(H,21,23)(H,22,24). The predicted molar refractivity (Wildman–Crippen MR) is 99.3 cm³/mol. The molecule has 0 radical (unpaired) electrons. The summed E-state index contributed by atoms with van der Waals surface area (Å²) in [5.74, 6) is 0.211. The second-order valence-electron chi connectivity index (χ2n) is 5.38. The Morgan fingerprint density at radius 1 is 1.00 bits per heavy atom. The van der Waals surface area contributed by atoms with E-state index in [-0.39, 0.29) is 6.61 Å². The van der Waals surface area contributed by atoms with Crippen LogP contribution < -0.4 is 20.3 Å². The average Bonchev–Trinajstić information content (AvgIpc) is 2.69. The lowest BCUT2D eigenvalue weighted by molar-refractivity contribution is 0.0844. The molecule has 2 amide bonds. The maximum atomic E-state index is 12.3. The second-order valence-corrected chi connectivity index (χ2v) is 5.38. The normalized spacial score (nSPS) is 9.88. The number of hydrazine groups is 1. The van der Waals surface area contributed by atoms with E-state index >= 15 is 0 Å². The van der Waals surface area contributed by atoms with Crippen molar-refractivity contribution in [3.63, 3.8) is 0 Å². The minimum absolute atomic E-state index is 0.281. The van der Waals surface area contributed by atoms with Gasteiger partial charge in [0.1, 0.15) is 18.1 Å². The molecule has 0 atom stereocenters. The summed E-state index contributed by atoms with van der Waals surface area (Å²) in [5.41, 5.74) is 5.50. The van der Waals surface area contributed by atoms with Crippen LogP contribution in [-0.2, 0) is 0 Å². The largest absolute Gasteiger partial charge is 0.494 e. The molecule has 6 heteroatoms. The van der Waals surface area contributed by atoms with Gasteiger partial charge in [0, 0.05) is 5.56 Å². The highest BCUT2D eigenvalue weighted by molar-refractivity contribution is 6.00. The highest BCUT2D eigenvalue weighted by atomic mass is 16.5. The van der Waals surface area contributed by atoms with Gasteiger partial charge in [0.05, 0.1) is 12.2 Å². The molecule has 0 aliphatic heterocycles. The number of hydrogen-bond donors (Lipinski definition) is 2. The van der Waals surface area contributed by atoms with Crippen molar-refractivity contribution in [2.75, 3.05) is 13.2 Å². The van der Waals surface area contributed by atoms with Gasteiger partial charge < -0.3 is 9.47 Å². The zero-order chi connectivity index (χ0) is 18.8. The third-order valence-corrected chi connectivity index (χ3v) is 3.37. The SMILES string of the molecule is C=CCOc1ccccc1C(=O)NNC(=O)c1ccc(OCCC)cc1. The molecule has 2 N–H and O–H groups in total. The van der Waals surface area contributed by atoms with E-state index < -0.39 is 11.8 Å². The van der Waals surface area contributed by atoms with Crippen LogP contribution in [-0.4, -0.2) is 25.0 Å². The predicted octanol–water partition coefficient (Wildman–Crippen LogP) is 3.12. The first-order valence-electron chi connectivity index (χ1n) is 8.32. The topological polar surface area (TPSA) is 76.7 Å². The Labute approximate surface area is 152 Å². The Kier molecular flexibility index (Phi) is 7.24. The molecule has 0 saturated carbocycles. The van der Waals surface area contributed by atoms with Crippen molar-refractivity contribution in [2.24, 2.45) is 0 Å². The maximum absolute atomic E-state index is 12.3. The average molecular weight is 354 g/mol. The first kappa shape index (κ1) is 19.1. The van der Waals surface area contributed by atoms with E-state index in [1.807, 2.05) is 6.92 Å². The van der Waals surface area contributed by atoms with E-state index in [2.05, 4.69) is 17.4 Å². The van der Waals surface area contributed by atoms with E-state index in [1.54, 1.807) is 54.6 Å². The quantitative estimate of drug-likeness (QED) is 0.564. The molecule has 26 heavy (non-hydrogen) atoms. The maximum Gasteiger partial charge on any atom is 0.273 e. The molecule has 0 unspecified atom stereocenters. The zero-order valence-corrected chi connectivity index (χ0v) is 14.7. The second kappa shape index (κ2) is 9.88. The fourth-order valence-electron chi connectivity index (χ4n) is 2.10. The summed E-state index contributed by atoms with van der Waals surface area (Å²) in [6.07, 6.45) is 2.50.